The summed E-state index contributed by atoms with van der Waals surface area (Å²) in [6, 6.07) is 16.5. The summed E-state index contributed by atoms with van der Waals surface area (Å²) in [6.45, 7) is 3.40. The molecule has 0 atom stereocenters. The smallest absolute Gasteiger partial charge is 0.265 e. The Bertz CT molecular complexity index is 1100. The average Bonchev–Trinajstić information content (AvgIpc) is 3.25. The summed E-state index contributed by atoms with van der Waals surface area (Å²) in [4.78, 5) is 14.3. The van der Waals surface area contributed by atoms with Gasteiger partial charge in [-0.25, -0.2) is 0 Å². The van der Waals surface area contributed by atoms with Gasteiger partial charge in [-0.3, -0.25) is 4.79 Å². The van der Waals surface area contributed by atoms with E-state index >= 15 is 0 Å². The zero-order valence-electron chi connectivity index (χ0n) is 15.7. The summed E-state index contributed by atoms with van der Waals surface area (Å²) >= 11 is 1.38. The van der Waals surface area contributed by atoms with Gasteiger partial charge in [0, 0.05) is 4.88 Å². The molecule has 1 amide bonds. The first kappa shape index (κ1) is 18.8. The van der Waals surface area contributed by atoms with Crippen LogP contribution < -0.4 is 19.5 Å². The largest absolute Gasteiger partial charge is 0.492 e. The Balaban J connectivity index is 1.56. The number of hydrogen-bond donors (Lipinski definition) is 1. The lowest BCUT2D eigenvalue weighted by Crippen LogP contribution is -2.15. The fourth-order valence-corrected chi connectivity index (χ4v) is 3.87. The number of hydrogen-bond acceptors (Lipinski definition) is 6. The second-order valence-corrected chi connectivity index (χ2v) is 7.32. The summed E-state index contributed by atoms with van der Waals surface area (Å²) in [7, 11) is 0. The third-order valence-electron chi connectivity index (χ3n) is 4.31. The van der Waals surface area contributed by atoms with Gasteiger partial charge in [0.1, 0.15) is 19.0 Å². The molecule has 1 aliphatic heterocycles. The maximum atomic E-state index is 12.8. The highest BCUT2D eigenvalue weighted by atomic mass is 32.1. The van der Waals surface area contributed by atoms with Crippen LogP contribution in [0.5, 0.6) is 17.2 Å². The van der Waals surface area contributed by atoms with Gasteiger partial charge in [0.05, 0.1) is 28.8 Å². The van der Waals surface area contributed by atoms with E-state index in [1.165, 1.54) is 11.3 Å². The van der Waals surface area contributed by atoms with Crippen molar-refractivity contribution in [1.29, 1.82) is 5.26 Å². The van der Waals surface area contributed by atoms with E-state index < -0.39 is 0 Å². The predicted octanol–water partition coefficient (Wildman–Crippen LogP) is 4.71. The van der Waals surface area contributed by atoms with Crippen molar-refractivity contribution in [3.05, 3.63) is 59.0 Å². The fourth-order valence-electron chi connectivity index (χ4n) is 2.97. The van der Waals surface area contributed by atoms with Crippen molar-refractivity contribution < 1.29 is 19.0 Å². The Morgan fingerprint density at radius 3 is 2.76 bits per heavy atom. The number of carbonyl (C=O) groups excluding carboxylic acids is 1. The van der Waals surface area contributed by atoms with Crippen molar-refractivity contribution in [1.82, 2.24) is 0 Å². The van der Waals surface area contributed by atoms with Crippen LogP contribution in [-0.2, 0) is 0 Å². The molecule has 1 N–H and O–H groups in total. The number of fused-ring (bicyclic) bond motifs is 1. The molecule has 0 spiro atoms. The molecule has 6 nitrogen and oxygen atoms in total. The Morgan fingerprint density at radius 2 is 1.97 bits per heavy atom. The molecular formula is C22H18N2O4S. The van der Waals surface area contributed by atoms with E-state index in [0.29, 0.717) is 47.4 Å². The van der Waals surface area contributed by atoms with Crippen molar-refractivity contribution in [3.63, 3.8) is 0 Å². The molecule has 0 saturated carbocycles. The van der Waals surface area contributed by atoms with E-state index in [1.807, 2.05) is 31.2 Å². The number of nitriles is 1. The Labute approximate surface area is 172 Å². The molecule has 1 aromatic heterocycles. The molecule has 4 rings (SSSR count). The van der Waals surface area contributed by atoms with Crippen molar-refractivity contribution >= 4 is 22.9 Å². The van der Waals surface area contributed by atoms with E-state index in [-0.39, 0.29) is 5.91 Å². The molecule has 3 aromatic rings. The van der Waals surface area contributed by atoms with Crippen LogP contribution in [0.25, 0.3) is 10.4 Å². The number of rotatable bonds is 5. The number of ether oxygens (including phenoxy) is 3. The fraction of sp³-hybridized carbons (Fsp3) is 0.182. The summed E-state index contributed by atoms with van der Waals surface area (Å²) in [5.74, 6) is 1.72. The molecule has 0 saturated heterocycles. The molecule has 0 aliphatic carbocycles. The molecule has 2 aromatic carbocycles. The number of carbonyl (C=O) groups is 1. The first-order valence-electron chi connectivity index (χ1n) is 9.16. The number of nitrogens with zero attached hydrogens (tertiary/aromatic N) is 1. The topological polar surface area (TPSA) is 80.6 Å². The Kier molecular flexibility index (Phi) is 5.36. The maximum absolute atomic E-state index is 12.8. The van der Waals surface area contributed by atoms with E-state index in [9.17, 15) is 4.79 Å². The first-order valence-corrected chi connectivity index (χ1v) is 9.97. The highest BCUT2D eigenvalue weighted by Gasteiger charge is 2.16. The number of thiophene rings is 1. The molecule has 0 radical (unpaired) electrons. The van der Waals surface area contributed by atoms with Crippen molar-refractivity contribution in [3.8, 4) is 33.8 Å². The van der Waals surface area contributed by atoms with Gasteiger partial charge < -0.3 is 19.5 Å². The van der Waals surface area contributed by atoms with Crippen LogP contribution in [0.4, 0.5) is 5.69 Å². The molecule has 0 bridgehead atoms. The van der Waals surface area contributed by atoms with Crippen molar-refractivity contribution in [2.75, 3.05) is 25.1 Å². The van der Waals surface area contributed by atoms with Crippen LogP contribution in [0.1, 0.15) is 22.2 Å². The van der Waals surface area contributed by atoms with Gasteiger partial charge in [0.25, 0.3) is 5.91 Å². The van der Waals surface area contributed by atoms with Gasteiger partial charge >= 0.3 is 0 Å². The van der Waals surface area contributed by atoms with Crippen LogP contribution in [0.2, 0.25) is 0 Å². The molecule has 146 valence electrons. The van der Waals surface area contributed by atoms with Crippen LogP contribution in [0.3, 0.4) is 0 Å². The van der Waals surface area contributed by atoms with Gasteiger partial charge in [0.15, 0.2) is 11.5 Å². The van der Waals surface area contributed by atoms with Gasteiger partial charge in [0.2, 0.25) is 0 Å². The lowest BCUT2D eigenvalue weighted by atomic mass is 10.1. The third kappa shape index (κ3) is 4.03. The lowest BCUT2D eigenvalue weighted by Gasteiger charge is -2.18. The first-order chi connectivity index (χ1) is 14.2. The second kappa shape index (κ2) is 8.25. The number of anilines is 1. The molecule has 0 unspecified atom stereocenters. The van der Waals surface area contributed by atoms with Crippen LogP contribution in [0, 0.1) is 11.3 Å². The SMILES string of the molecule is CCOc1ccc(C#N)cc1NC(=O)c1ccc(-c2ccc3c(c2)OCCO3)s1. The number of nitrogens with one attached hydrogen (secondary N) is 1. The Morgan fingerprint density at radius 1 is 1.14 bits per heavy atom. The van der Waals surface area contributed by atoms with Crippen LogP contribution in [0.15, 0.2) is 48.5 Å². The monoisotopic (exact) mass is 406 g/mol. The molecule has 0 fully saturated rings. The zero-order valence-corrected chi connectivity index (χ0v) is 16.5. The normalized spacial score (nSPS) is 12.1. The highest BCUT2D eigenvalue weighted by molar-refractivity contribution is 7.17. The summed E-state index contributed by atoms with van der Waals surface area (Å²) < 4.78 is 16.7. The van der Waals surface area contributed by atoms with Gasteiger partial charge in [-0.05, 0) is 61.0 Å². The molecule has 2 heterocycles. The van der Waals surface area contributed by atoms with E-state index in [2.05, 4.69) is 11.4 Å². The standard InChI is InChI=1S/C22H18N2O4S/c1-2-26-17-5-3-14(13-23)11-16(17)24-22(25)21-8-7-20(29-21)15-4-6-18-19(12-15)28-10-9-27-18/h3-8,11-12H,2,9-10H2,1H3,(H,24,25). The third-order valence-corrected chi connectivity index (χ3v) is 5.45. The van der Waals surface area contributed by atoms with Crippen molar-refractivity contribution in [2.24, 2.45) is 0 Å². The molecule has 1 aliphatic rings. The zero-order chi connectivity index (χ0) is 20.2. The average molecular weight is 406 g/mol. The Hall–Kier alpha value is -3.50. The van der Waals surface area contributed by atoms with Gasteiger partial charge in [-0.1, -0.05) is 0 Å². The quantitative estimate of drug-likeness (QED) is 0.664. The number of benzene rings is 2. The highest BCUT2D eigenvalue weighted by Crippen LogP contribution is 2.37. The van der Waals surface area contributed by atoms with E-state index in [4.69, 9.17) is 19.5 Å². The predicted molar refractivity (Wildman–Crippen MR) is 111 cm³/mol. The van der Waals surface area contributed by atoms with Crippen LogP contribution in [-0.4, -0.2) is 25.7 Å². The molecular weight excluding hydrogens is 388 g/mol. The minimum atomic E-state index is -0.255. The summed E-state index contributed by atoms with van der Waals surface area (Å²) in [5, 5.41) is 12.0. The molecule has 29 heavy (non-hydrogen) atoms. The van der Waals surface area contributed by atoms with Crippen molar-refractivity contribution in [2.45, 2.75) is 6.92 Å². The second-order valence-electron chi connectivity index (χ2n) is 6.23. The van der Waals surface area contributed by atoms with Crippen LogP contribution >= 0.6 is 11.3 Å². The van der Waals surface area contributed by atoms with E-state index in [1.54, 1.807) is 24.3 Å². The molecule has 7 heteroatoms. The van der Waals surface area contributed by atoms with Gasteiger partial charge in [-0.15, -0.1) is 11.3 Å². The summed E-state index contributed by atoms with van der Waals surface area (Å²) in [5.41, 5.74) is 1.89. The number of amides is 1. The summed E-state index contributed by atoms with van der Waals surface area (Å²) in [6.07, 6.45) is 0. The minimum Gasteiger partial charge on any atom is -0.492 e. The maximum Gasteiger partial charge on any atom is 0.265 e. The lowest BCUT2D eigenvalue weighted by molar-refractivity contribution is 0.103. The van der Waals surface area contributed by atoms with Gasteiger partial charge in [-0.2, -0.15) is 5.26 Å². The van der Waals surface area contributed by atoms with E-state index in [0.717, 1.165) is 16.2 Å². The minimum absolute atomic E-state index is 0.255.